The van der Waals surface area contributed by atoms with Gasteiger partial charge in [0.2, 0.25) is 5.88 Å². The van der Waals surface area contributed by atoms with Gasteiger partial charge in [0.1, 0.15) is 5.82 Å². The third kappa shape index (κ3) is 2.56. The van der Waals surface area contributed by atoms with Crippen molar-refractivity contribution in [2.45, 2.75) is 26.8 Å². The smallest absolute Gasteiger partial charge is 0.238 e. The van der Waals surface area contributed by atoms with E-state index < -0.39 is 0 Å². The van der Waals surface area contributed by atoms with E-state index in [1.807, 2.05) is 19.2 Å². The molecule has 0 bridgehead atoms. The molecule has 0 amide bonds. The first-order valence-electron chi connectivity index (χ1n) is 5.50. The molecule has 0 spiro atoms. The van der Waals surface area contributed by atoms with Crippen molar-refractivity contribution in [1.29, 1.82) is 0 Å². The van der Waals surface area contributed by atoms with Crippen LogP contribution in [0.1, 0.15) is 20.8 Å². The maximum Gasteiger partial charge on any atom is 0.238 e. The second kappa shape index (κ2) is 5.05. The molecule has 0 aliphatic heterocycles. The molecule has 0 aromatic carbocycles. The second-order valence-electron chi connectivity index (χ2n) is 4.36. The Morgan fingerprint density at radius 2 is 1.94 bits per heavy atom. The number of hydrogen-bond acceptors (Lipinski definition) is 4. The van der Waals surface area contributed by atoms with Crippen molar-refractivity contribution in [3.05, 3.63) is 12.1 Å². The average Bonchev–Trinajstić information content (AvgIpc) is 2.27. The summed E-state index contributed by atoms with van der Waals surface area (Å²) >= 11 is 0. The van der Waals surface area contributed by atoms with E-state index in [9.17, 15) is 0 Å². The highest BCUT2D eigenvalue weighted by molar-refractivity contribution is 5.54. The predicted octanol–water partition coefficient (Wildman–Crippen LogP) is 2.15. The number of nitrogen functional groups attached to an aromatic ring is 1. The van der Waals surface area contributed by atoms with E-state index in [0.29, 0.717) is 23.5 Å². The average molecular weight is 223 g/mol. The first-order valence-corrected chi connectivity index (χ1v) is 5.50. The molecule has 1 heterocycles. The van der Waals surface area contributed by atoms with Gasteiger partial charge in [0.05, 0.1) is 12.8 Å². The number of hydrogen-bond donors (Lipinski definition) is 1. The van der Waals surface area contributed by atoms with E-state index in [2.05, 4.69) is 30.7 Å². The van der Waals surface area contributed by atoms with Crippen molar-refractivity contribution in [2.24, 2.45) is 5.92 Å². The number of ether oxygens (including phenoxy) is 1. The Morgan fingerprint density at radius 3 is 2.44 bits per heavy atom. The lowest BCUT2D eigenvalue weighted by Crippen LogP contribution is -2.33. The summed E-state index contributed by atoms with van der Waals surface area (Å²) in [6, 6.07) is 4.15. The van der Waals surface area contributed by atoms with Gasteiger partial charge in [0.25, 0.3) is 0 Å². The van der Waals surface area contributed by atoms with Crippen molar-refractivity contribution in [2.75, 3.05) is 24.8 Å². The highest BCUT2D eigenvalue weighted by Gasteiger charge is 2.15. The summed E-state index contributed by atoms with van der Waals surface area (Å²) in [6.07, 6.45) is 0. The van der Waals surface area contributed by atoms with Gasteiger partial charge in [0.15, 0.2) is 0 Å². The fourth-order valence-corrected chi connectivity index (χ4v) is 1.46. The molecule has 2 N–H and O–H groups in total. The Kier molecular flexibility index (Phi) is 3.99. The Labute approximate surface area is 97.4 Å². The molecule has 0 saturated carbocycles. The lowest BCUT2D eigenvalue weighted by atomic mass is 10.1. The third-order valence-corrected chi connectivity index (χ3v) is 3.01. The van der Waals surface area contributed by atoms with Crippen molar-refractivity contribution in [3.63, 3.8) is 0 Å². The molecule has 0 saturated heterocycles. The first kappa shape index (κ1) is 12.6. The van der Waals surface area contributed by atoms with Gasteiger partial charge in [-0.05, 0) is 25.0 Å². The summed E-state index contributed by atoms with van der Waals surface area (Å²) in [5.74, 6) is 1.93. The number of methoxy groups -OCH3 is 1. The fourth-order valence-electron chi connectivity index (χ4n) is 1.46. The molecule has 0 aliphatic rings. The molecule has 90 valence electrons. The molecule has 0 aliphatic carbocycles. The van der Waals surface area contributed by atoms with Crippen molar-refractivity contribution >= 4 is 11.5 Å². The minimum Gasteiger partial charge on any atom is -0.479 e. The summed E-state index contributed by atoms with van der Waals surface area (Å²) < 4.78 is 5.11. The topological polar surface area (TPSA) is 51.4 Å². The van der Waals surface area contributed by atoms with Gasteiger partial charge in [-0.15, -0.1) is 0 Å². The monoisotopic (exact) mass is 223 g/mol. The molecule has 16 heavy (non-hydrogen) atoms. The molecule has 0 radical (unpaired) electrons. The van der Waals surface area contributed by atoms with Crippen LogP contribution in [-0.2, 0) is 0 Å². The number of anilines is 2. The molecule has 4 heteroatoms. The maximum atomic E-state index is 5.73. The summed E-state index contributed by atoms with van der Waals surface area (Å²) in [5.41, 5.74) is 6.30. The molecular weight excluding hydrogens is 202 g/mol. The van der Waals surface area contributed by atoms with Crippen LogP contribution in [-0.4, -0.2) is 25.2 Å². The Bertz CT molecular complexity index is 352. The first-order chi connectivity index (χ1) is 7.47. The summed E-state index contributed by atoms with van der Waals surface area (Å²) in [7, 11) is 3.61. The molecule has 0 fully saturated rings. The van der Waals surface area contributed by atoms with Crippen LogP contribution in [0.25, 0.3) is 0 Å². The summed E-state index contributed by atoms with van der Waals surface area (Å²) in [4.78, 5) is 6.50. The Hall–Kier alpha value is -1.45. The van der Waals surface area contributed by atoms with Crippen LogP contribution in [0, 0.1) is 5.92 Å². The zero-order valence-electron chi connectivity index (χ0n) is 10.7. The van der Waals surface area contributed by atoms with Crippen LogP contribution in [0.3, 0.4) is 0 Å². The molecule has 1 unspecified atom stereocenters. The Balaban J connectivity index is 2.96. The van der Waals surface area contributed by atoms with Crippen LogP contribution < -0.4 is 15.4 Å². The molecule has 1 atom stereocenters. The quantitative estimate of drug-likeness (QED) is 0.849. The van der Waals surface area contributed by atoms with E-state index in [-0.39, 0.29) is 0 Å². The fraction of sp³-hybridized carbons (Fsp3) is 0.583. The van der Waals surface area contributed by atoms with Crippen LogP contribution >= 0.6 is 0 Å². The van der Waals surface area contributed by atoms with Crippen LogP contribution in [0.2, 0.25) is 0 Å². The van der Waals surface area contributed by atoms with Gasteiger partial charge >= 0.3 is 0 Å². The second-order valence-corrected chi connectivity index (χ2v) is 4.36. The highest BCUT2D eigenvalue weighted by Crippen LogP contribution is 2.24. The maximum absolute atomic E-state index is 5.73. The number of nitrogens with two attached hydrogens (primary N) is 1. The third-order valence-electron chi connectivity index (χ3n) is 3.01. The van der Waals surface area contributed by atoms with Crippen molar-refractivity contribution < 1.29 is 4.74 Å². The Morgan fingerprint density at radius 1 is 1.31 bits per heavy atom. The minimum atomic E-state index is 0.417. The minimum absolute atomic E-state index is 0.417. The van der Waals surface area contributed by atoms with Gasteiger partial charge < -0.3 is 15.4 Å². The van der Waals surface area contributed by atoms with Gasteiger partial charge in [-0.25, -0.2) is 0 Å². The van der Waals surface area contributed by atoms with E-state index in [1.54, 1.807) is 7.11 Å². The van der Waals surface area contributed by atoms with E-state index in [1.165, 1.54) is 0 Å². The van der Waals surface area contributed by atoms with Crippen LogP contribution in [0.4, 0.5) is 11.5 Å². The van der Waals surface area contributed by atoms with Gasteiger partial charge in [-0.3, -0.25) is 0 Å². The normalized spacial score (nSPS) is 12.6. The molecular formula is C12H21N3O. The zero-order chi connectivity index (χ0) is 12.3. The molecule has 1 rings (SSSR count). The van der Waals surface area contributed by atoms with Crippen molar-refractivity contribution in [1.82, 2.24) is 4.98 Å². The molecule has 4 nitrogen and oxygen atoms in total. The number of aromatic nitrogens is 1. The number of rotatable bonds is 4. The molecule has 1 aromatic heterocycles. The van der Waals surface area contributed by atoms with E-state index in [0.717, 1.165) is 5.82 Å². The highest BCUT2D eigenvalue weighted by atomic mass is 16.5. The summed E-state index contributed by atoms with van der Waals surface area (Å²) in [5, 5.41) is 0. The van der Waals surface area contributed by atoms with Gasteiger partial charge in [-0.2, -0.15) is 4.98 Å². The van der Waals surface area contributed by atoms with Gasteiger partial charge in [-0.1, -0.05) is 13.8 Å². The van der Waals surface area contributed by atoms with Crippen LogP contribution in [0.15, 0.2) is 12.1 Å². The number of nitrogens with zero attached hydrogens (tertiary/aromatic N) is 2. The van der Waals surface area contributed by atoms with E-state index in [4.69, 9.17) is 10.5 Å². The lowest BCUT2D eigenvalue weighted by molar-refractivity contribution is 0.399. The standard InChI is InChI=1S/C12H21N3O/c1-8(2)9(3)15(4)11-7-6-10(13)12(14-11)16-5/h6-9H,13H2,1-5H3. The van der Waals surface area contributed by atoms with Crippen LogP contribution in [0.5, 0.6) is 5.88 Å². The summed E-state index contributed by atoms with van der Waals surface area (Å²) in [6.45, 7) is 6.56. The lowest BCUT2D eigenvalue weighted by Gasteiger charge is -2.29. The van der Waals surface area contributed by atoms with E-state index >= 15 is 0 Å². The predicted molar refractivity (Wildman–Crippen MR) is 67.9 cm³/mol. The zero-order valence-corrected chi connectivity index (χ0v) is 10.7. The van der Waals surface area contributed by atoms with Gasteiger partial charge in [0, 0.05) is 13.1 Å². The number of pyridine rings is 1. The SMILES string of the molecule is COc1nc(N(C)C(C)C(C)C)ccc1N. The largest absolute Gasteiger partial charge is 0.479 e. The van der Waals surface area contributed by atoms with Crippen molar-refractivity contribution in [3.8, 4) is 5.88 Å². The molecule has 1 aromatic rings.